The number of nitrogens with zero attached hydrogens (tertiary/aromatic N) is 1. The van der Waals surface area contributed by atoms with Crippen LogP contribution < -0.4 is 10.6 Å². The Morgan fingerprint density at radius 2 is 1.57 bits per heavy atom. The molecule has 162 valence electrons. The molecular formula is C24H33N3O2S. The van der Waals surface area contributed by atoms with Crippen LogP contribution in [0.5, 0.6) is 0 Å². The van der Waals surface area contributed by atoms with Crippen molar-refractivity contribution in [1.82, 2.24) is 10.2 Å². The normalized spacial score (nSPS) is 11.9. The maximum Gasteiger partial charge on any atom is 0.234 e. The minimum atomic E-state index is -0.296. The Labute approximate surface area is 184 Å². The SMILES string of the molecule is CCN(CC)Cc1ccc(CNC(=O)C(C)SCC(=O)Nc2ccc(C)cc2)cc1. The predicted octanol–water partition coefficient (Wildman–Crippen LogP) is 4.21. The largest absolute Gasteiger partial charge is 0.351 e. The molecule has 0 aliphatic heterocycles. The number of nitrogens with one attached hydrogen (secondary N) is 2. The van der Waals surface area contributed by atoms with Gasteiger partial charge in [0.1, 0.15) is 0 Å². The second-order valence-corrected chi connectivity index (χ2v) is 8.69. The molecule has 0 aliphatic carbocycles. The monoisotopic (exact) mass is 427 g/mol. The Bertz CT molecular complexity index is 802. The first kappa shape index (κ1) is 24.0. The number of aryl methyl sites for hydroxylation is 1. The molecule has 0 saturated heterocycles. The molecule has 2 amide bonds. The van der Waals surface area contributed by atoms with Crippen molar-refractivity contribution in [2.45, 2.75) is 46.0 Å². The standard InChI is InChI=1S/C24H33N3O2S/c1-5-27(6-2)16-21-11-9-20(10-12-21)15-25-24(29)19(4)30-17-23(28)26-22-13-7-18(3)8-14-22/h7-14,19H,5-6,15-17H2,1-4H3,(H,25,29)(H,26,28). The van der Waals surface area contributed by atoms with Gasteiger partial charge in [-0.3, -0.25) is 14.5 Å². The summed E-state index contributed by atoms with van der Waals surface area (Å²) in [5, 5.41) is 5.52. The van der Waals surface area contributed by atoms with Gasteiger partial charge in [0.2, 0.25) is 11.8 Å². The van der Waals surface area contributed by atoms with Gasteiger partial charge < -0.3 is 10.6 Å². The second-order valence-electron chi connectivity index (χ2n) is 7.36. The number of rotatable bonds is 11. The highest BCUT2D eigenvalue weighted by Gasteiger charge is 2.15. The molecule has 5 nitrogen and oxygen atoms in total. The van der Waals surface area contributed by atoms with E-state index < -0.39 is 0 Å². The molecule has 2 rings (SSSR count). The fourth-order valence-electron chi connectivity index (χ4n) is 2.91. The van der Waals surface area contributed by atoms with Crippen molar-refractivity contribution in [3.8, 4) is 0 Å². The lowest BCUT2D eigenvalue weighted by Crippen LogP contribution is -2.31. The van der Waals surface area contributed by atoms with Gasteiger partial charge in [0.25, 0.3) is 0 Å². The first-order chi connectivity index (χ1) is 14.4. The van der Waals surface area contributed by atoms with Gasteiger partial charge in [-0.05, 0) is 50.2 Å². The van der Waals surface area contributed by atoms with E-state index in [0.717, 1.165) is 36.4 Å². The zero-order valence-corrected chi connectivity index (χ0v) is 19.2. The number of benzene rings is 2. The molecule has 0 fully saturated rings. The summed E-state index contributed by atoms with van der Waals surface area (Å²) in [6.45, 7) is 11.7. The number of carbonyl (C=O) groups is 2. The third-order valence-electron chi connectivity index (χ3n) is 4.96. The third-order valence-corrected chi connectivity index (χ3v) is 6.10. The zero-order chi connectivity index (χ0) is 21.9. The van der Waals surface area contributed by atoms with Crippen molar-refractivity contribution >= 4 is 29.3 Å². The van der Waals surface area contributed by atoms with E-state index in [0.29, 0.717) is 6.54 Å². The summed E-state index contributed by atoms with van der Waals surface area (Å²) in [4.78, 5) is 26.8. The van der Waals surface area contributed by atoms with E-state index in [4.69, 9.17) is 0 Å². The Balaban J connectivity index is 1.72. The number of anilines is 1. The fourth-order valence-corrected chi connectivity index (χ4v) is 3.62. The van der Waals surface area contributed by atoms with Crippen LogP contribution in [0.3, 0.4) is 0 Å². The van der Waals surface area contributed by atoms with Crippen LogP contribution in [0.1, 0.15) is 37.5 Å². The summed E-state index contributed by atoms with van der Waals surface area (Å²) in [5.41, 5.74) is 4.26. The molecule has 1 atom stereocenters. The first-order valence-corrected chi connectivity index (χ1v) is 11.5. The molecule has 2 aromatic rings. The minimum absolute atomic E-state index is 0.0599. The Morgan fingerprint density at radius 1 is 0.967 bits per heavy atom. The van der Waals surface area contributed by atoms with E-state index in [9.17, 15) is 9.59 Å². The van der Waals surface area contributed by atoms with Crippen molar-refractivity contribution in [3.05, 3.63) is 65.2 Å². The van der Waals surface area contributed by atoms with E-state index in [1.165, 1.54) is 17.3 Å². The Kier molecular flexibility index (Phi) is 9.91. The molecule has 2 aromatic carbocycles. The van der Waals surface area contributed by atoms with Crippen molar-refractivity contribution in [3.63, 3.8) is 0 Å². The van der Waals surface area contributed by atoms with Crippen LogP contribution in [0.25, 0.3) is 0 Å². The Morgan fingerprint density at radius 3 is 2.17 bits per heavy atom. The molecule has 0 bridgehead atoms. The van der Waals surface area contributed by atoms with Gasteiger partial charge in [0.05, 0.1) is 11.0 Å². The maximum atomic E-state index is 12.3. The van der Waals surface area contributed by atoms with Crippen molar-refractivity contribution in [2.75, 3.05) is 24.2 Å². The quantitative estimate of drug-likeness (QED) is 0.564. The predicted molar refractivity (Wildman–Crippen MR) is 127 cm³/mol. The number of hydrogen-bond donors (Lipinski definition) is 2. The highest BCUT2D eigenvalue weighted by atomic mass is 32.2. The van der Waals surface area contributed by atoms with E-state index in [2.05, 4.69) is 53.6 Å². The third kappa shape index (κ3) is 8.20. The van der Waals surface area contributed by atoms with Crippen molar-refractivity contribution in [2.24, 2.45) is 0 Å². The van der Waals surface area contributed by atoms with Crippen molar-refractivity contribution in [1.29, 1.82) is 0 Å². The minimum Gasteiger partial charge on any atom is -0.351 e. The van der Waals surface area contributed by atoms with Crippen LogP contribution in [0, 0.1) is 6.92 Å². The highest BCUT2D eigenvalue weighted by molar-refractivity contribution is 8.01. The van der Waals surface area contributed by atoms with Gasteiger partial charge in [0.15, 0.2) is 0 Å². The summed E-state index contributed by atoms with van der Waals surface area (Å²) in [6.07, 6.45) is 0. The summed E-state index contributed by atoms with van der Waals surface area (Å²) in [5.74, 6) is 0.0744. The summed E-state index contributed by atoms with van der Waals surface area (Å²) in [7, 11) is 0. The van der Waals surface area contributed by atoms with Crippen LogP contribution in [-0.4, -0.2) is 40.8 Å². The molecule has 6 heteroatoms. The van der Waals surface area contributed by atoms with Gasteiger partial charge in [-0.15, -0.1) is 11.8 Å². The first-order valence-electron chi connectivity index (χ1n) is 10.5. The average Bonchev–Trinajstić information content (AvgIpc) is 2.76. The molecule has 2 N–H and O–H groups in total. The second kappa shape index (κ2) is 12.4. The van der Waals surface area contributed by atoms with Crippen LogP contribution >= 0.6 is 11.8 Å². The average molecular weight is 428 g/mol. The van der Waals surface area contributed by atoms with Crippen LogP contribution in [-0.2, 0) is 22.7 Å². The zero-order valence-electron chi connectivity index (χ0n) is 18.4. The van der Waals surface area contributed by atoms with Gasteiger partial charge in [-0.1, -0.05) is 55.8 Å². The van der Waals surface area contributed by atoms with Crippen molar-refractivity contribution < 1.29 is 9.59 Å². The summed E-state index contributed by atoms with van der Waals surface area (Å²) < 4.78 is 0. The number of thioether (sulfide) groups is 1. The molecule has 0 aliphatic rings. The molecule has 0 spiro atoms. The lowest BCUT2D eigenvalue weighted by atomic mass is 10.1. The lowest BCUT2D eigenvalue weighted by Gasteiger charge is -2.18. The number of amides is 2. The van der Waals surface area contributed by atoms with E-state index >= 15 is 0 Å². The highest BCUT2D eigenvalue weighted by Crippen LogP contribution is 2.14. The molecule has 0 radical (unpaired) electrons. The van der Waals surface area contributed by atoms with Crippen LogP contribution in [0.4, 0.5) is 5.69 Å². The summed E-state index contributed by atoms with van der Waals surface area (Å²) in [6, 6.07) is 16.0. The fraction of sp³-hybridized carbons (Fsp3) is 0.417. The molecule has 0 heterocycles. The number of carbonyl (C=O) groups excluding carboxylic acids is 2. The van der Waals surface area contributed by atoms with Crippen LogP contribution in [0.2, 0.25) is 0 Å². The smallest absolute Gasteiger partial charge is 0.234 e. The molecule has 1 unspecified atom stereocenters. The molecule has 30 heavy (non-hydrogen) atoms. The van der Waals surface area contributed by atoms with Gasteiger partial charge in [0, 0.05) is 18.8 Å². The van der Waals surface area contributed by atoms with E-state index in [1.54, 1.807) is 0 Å². The Hall–Kier alpha value is -2.31. The topological polar surface area (TPSA) is 61.4 Å². The van der Waals surface area contributed by atoms with E-state index in [1.807, 2.05) is 38.1 Å². The molecule has 0 saturated carbocycles. The maximum absolute atomic E-state index is 12.3. The van der Waals surface area contributed by atoms with Gasteiger partial charge >= 0.3 is 0 Å². The molecular weight excluding hydrogens is 394 g/mol. The summed E-state index contributed by atoms with van der Waals surface area (Å²) >= 11 is 1.33. The van der Waals surface area contributed by atoms with Gasteiger partial charge in [-0.25, -0.2) is 0 Å². The lowest BCUT2D eigenvalue weighted by molar-refractivity contribution is -0.120. The van der Waals surface area contributed by atoms with E-state index in [-0.39, 0.29) is 22.8 Å². The number of hydrogen-bond acceptors (Lipinski definition) is 4. The molecule has 0 aromatic heterocycles. The van der Waals surface area contributed by atoms with Crippen LogP contribution in [0.15, 0.2) is 48.5 Å². The van der Waals surface area contributed by atoms with Gasteiger partial charge in [-0.2, -0.15) is 0 Å².